The highest BCUT2D eigenvalue weighted by atomic mass is 19.1. The highest BCUT2D eigenvalue weighted by Crippen LogP contribution is 2.29. The minimum absolute atomic E-state index is 0.105. The Labute approximate surface area is 114 Å². The third kappa shape index (κ3) is 2.11. The van der Waals surface area contributed by atoms with Crippen LogP contribution in [0.1, 0.15) is 0 Å². The second kappa shape index (κ2) is 5.08. The van der Waals surface area contributed by atoms with Crippen molar-refractivity contribution in [2.75, 3.05) is 7.11 Å². The van der Waals surface area contributed by atoms with Gasteiger partial charge in [-0.1, -0.05) is 11.2 Å². The van der Waals surface area contributed by atoms with Crippen molar-refractivity contribution in [3.8, 4) is 28.6 Å². The zero-order chi connectivity index (χ0) is 13.9. The first-order valence-electron chi connectivity index (χ1n) is 5.86. The van der Waals surface area contributed by atoms with Crippen molar-refractivity contribution < 1.29 is 13.7 Å². The summed E-state index contributed by atoms with van der Waals surface area (Å²) in [6, 6.07) is 8.24. The number of hydrogen-bond donors (Lipinski definition) is 0. The smallest absolute Gasteiger partial charge is 0.261 e. The number of halogens is 1. The molecule has 2 aromatic heterocycles. The van der Waals surface area contributed by atoms with Gasteiger partial charge in [-0.25, -0.2) is 4.39 Å². The van der Waals surface area contributed by atoms with E-state index >= 15 is 0 Å². The van der Waals surface area contributed by atoms with E-state index in [1.807, 2.05) is 0 Å². The minimum atomic E-state index is -0.528. The number of benzene rings is 1. The topological polar surface area (TPSA) is 61.0 Å². The molecule has 1 aromatic carbocycles. The van der Waals surface area contributed by atoms with Crippen LogP contribution >= 0.6 is 0 Å². The Morgan fingerprint density at radius 2 is 1.95 bits per heavy atom. The molecule has 0 amide bonds. The van der Waals surface area contributed by atoms with E-state index in [9.17, 15) is 4.39 Å². The molecule has 0 unspecified atom stereocenters. The first-order valence-corrected chi connectivity index (χ1v) is 5.86. The predicted molar refractivity (Wildman–Crippen MR) is 69.5 cm³/mol. The van der Waals surface area contributed by atoms with Gasteiger partial charge in [0.25, 0.3) is 5.89 Å². The average Bonchev–Trinajstić information content (AvgIpc) is 2.98. The molecule has 0 saturated carbocycles. The van der Waals surface area contributed by atoms with E-state index in [-0.39, 0.29) is 17.2 Å². The SMILES string of the molecule is COc1cccc(-c2nc(-c3ccncc3)no2)c1F. The molecule has 6 heteroatoms. The Kier molecular flexibility index (Phi) is 3.12. The second-order valence-corrected chi connectivity index (χ2v) is 3.98. The lowest BCUT2D eigenvalue weighted by atomic mass is 10.2. The average molecular weight is 271 g/mol. The Bertz CT molecular complexity index is 728. The van der Waals surface area contributed by atoms with E-state index in [4.69, 9.17) is 9.26 Å². The van der Waals surface area contributed by atoms with Crippen LogP contribution in [0.15, 0.2) is 47.2 Å². The largest absolute Gasteiger partial charge is 0.494 e. The molecule has 0 saturated heterocycles. The van der Waals surface area contributed by atoms with Crippen LogP contribution in [0.5, 0.6) is 5.75 Å². The summed E-state index contributed by atoms with van der Waals surface area (Å²) in [7, 11) is 1.40. The van der Waals surface area contributed by atoms with E-state index in [0.29, 0.717) is 5.82 Å². The van der Waals surface area contributed by atoms with Gasteiger partial charge >= 0.3 is 0 Å². The fraction of sp³-hybridized carbons (Fsp3) is 0.0714. The summed E-state index contributed by atoms with van der Waals surface area (Å²) < 4.78 is 24.1. The Morgan fingerprint density at radius 3 is 2.70 bits per heavy atom. The summed E-state index contributed by atoms with van der Waals surface area (Å²) in [4.78, 5) is 8.10. The van der Waals surface area contributed by atoms with Crippen molar-refractivity contribution in [1.29, 1.82) is 0 Å². The first kappa shape index (κ1) is 12.3. The van der Waals surface area contributed by atoms with Gasteiger partial charge in [0.15, 0.2) is 11.6 Å². The maximum absolute atomic E-state index is 14.1. The maximum Gasteiger partial charge on any atom is 0.261 e. The van der Waals surface area contributed by atoms with Gasteiger partial charge in [-0.15, -0.1) is 0 Å². The minimum Gasteiger partial charge on any atom is -0.494 e. The van der Waals surface area contributed by atoms with Gasteiger partial charge in [0.1, 0.15) is 0 Å². The van der Waals surface area contributed by atoms with Crippen molar-refractivity contribution in [2.24, 2.45) is 0 Å². The lowest BCUT2D eigenvalue weighted by Crippen LogP contribution is -1.91. The van der Waals surface area contributed by atoms with E-state index in [1.54, 1.807) is 36.7 Å². The first-order chi connectivity index (χ1) is 9.79. The molecular formula is C14H10FN3O2. The summed E-state index contributed by atoms with van der Waals surface area (Å²) in [6.45, 7) is 0. The van der Waals surface area contributed by atoms with Gasteiger partial charge in [-0.2, -0.15) is 4.98 Å². The molecule has 0 bridgehead atoms. The lowest BCUT2D eigenvalue weighted by molar-refractivity contribution is 0.384. The lowest BCUT2D eigenvalue weighted by Gasteiger charge is -2.03. The number of hydrogen-bond acceptors (Lipinski definition) is 5. The summed E-state index contributed by atoms with van der Waals surface area (Å²) >= 11 is 0. The summed E-state index contributed by atoms with van der Waals surface area (Å²) in [5.41, 5.74) is 0.954. The third-order valence-electron chi connectivity index (χ3n) is 2.78. The number of pyridine rings is 1. The quantitative estimate of drug-likeness (QED) is 0.733. The molecule has 0 fully saturated rings. The molecule has 0 radical (unpaired) electrons. The van der Waals surface area contributed by atoms with Crippen molar-refractivity contribution in [1.82, 2.24) is 15.1 Å². The van der Waals surface area contributed by atoms with E-state index in [0.717, 1.165) is 5.56 Å². The molecule has 100 valence electrons. The fourth-order valence-electron chi connectivity index (χ4n) is 1.78. The van der Waals surface area contributed by atoms with Crippen LogP contribution in [0.2, 0.25) is 0 Å². The number of methoxy groups -OCH3 is 1. The predicted octanol–water partition coefficient (Wildman–Crippen LogP) is 2.95. The van der Waals surface area contributed by atoms with Gasteiger partial charge in [0.05, 0.1) is 12.7 Å². The van der Waals surface area contributed by atoms with Gasteiger partial charge in [0, 0.05) is 18.0 Å². The standard InChI is InChI=1S/C14H10FN3O2/c1-19-11-4-2-3-10(12(11)15)14-17-13(18-20-14)9-5-7-16-8-6-9/h2-8H,1H3. The third-order valence-corrected chi connectivity index (χ3v) is 2.78. The van der Waals surface area contributed by atoms with Crippen molar-refractivity contribution in [3.63, 3.8) is 0 Å². The number of rotatable bonds is 3. The summed E-state index contributed by atoms with van der Waals surface area (Å²) in [5, 5.41) is 3.84. The Morgan fingerprint density at radius 1 is 1.15 bits per heavy atom. The molecule has 0 spiro atoms. The van der Waals surface area contributed by atoms with Gasteiger partial charge in [-0.05, 0) is 24.3 Å². The fourth-order valence-corrected chi connectivity index (χ4v) is 1.78. The molecule has 3 rings (SSSR count). The van der Waals surface area contributed by atoms with Crippen LogP contribution in [0.25, 0.3) is 22.8 Å². The van der Waals surface area contributed by atoms with Crippen LogP contribution in [0, 0.1) is 5.82 Å². The maximum atomic E-state index is 14.1. The number of nitrogens with zero attached hydrogens (tertiary/aromatic N) is 3. The van der Waals surface area contributed by atoms with Gasteiger partial charge in [-0.3, -0.25) is 4.98 Å². The Balaban J connectivity index is 2.03. The number of aromatic nitrogens is 3. The van der Waals surface area contributed by atoms with Crippen LogP contribution in [0.4, 0.5) is 4.39 Å². The zero-order valence-electron chi connectivity index (χ0n) is 10.6. The zero-order valence-corrected chi connectivity index (χ0v) is 10.6. The van der Waals surface area contributed by atoms with E-state index in [1.165, 1.54) is 13.2 Å². The van der Waals surface area contributed by atoms with Gasteiger partial charge < -0.3 is 9.26 Å². The van der Waals surface area contributed by atoms with Crippen molar-refractivity contribution >= 4 is 0 Å². The highest BCUT2D eigenvalue weighted by molar-refractivity contribution is 5.61. The molecule has 0 aliphatic carbocycles. The van der Waals surface area contributed by atoms with Crippen LogP contribution in [0.3, 0.4) is 0 Å². The normalized spacial score (nSPS) is 10.5. The van der Waals surface area contributed by atoms with Crippen LogP contribution in [-0.2, 0) is 0 Å². The van der Waals surface area contributed by atoms with Crippen LogP contribution in [-0.4, -0.2) is 22.2 Å². The van der Waals surface area contributed by atoms with E-state index in [2.05, 4.69) is 15.1 Å². The molecule has 0 aliphatic rings. The molecular weight excluding hydrogens is 261 g/mol. The summed E-state index contributed by atoms with van der Waals surface area (Å²) in [6.07, 6.45) is 3.25. The molecule has 0 N–H and O–H groups in total. The molecule has 0 atom stereocenters. The highest BCUT2D eigenvalue weighted by Gasteiger charge is 2.17. The molecule has 3 aromatic rings. The number of ether oxygens (including phenoxy) is 1. The monoisotopic (exact) mass is 271 g/mol. The van der Waals surface area contributed by atoms with Crippen LogP contribution < -0.4 is 4.74 Å². The molecule has 5 nitrogen and oxygen atoms in total. The molecule has 2 heterocycles. The van der Waals surface area contributed by atoms with Crippen molar-refractivity contribution in [2.45, 2.75) is 0 Å². The molecule has 0 aliphatic heterocycles. The van der Waals surface area contributed by atoms with Crippen molar-refractivity contribution in [3.05, 3.63) is 48.5 Å². The van der Waals surface area contributed by atoms with E-state index < -0.39 is 5.82 Å². The van der Waals surface area contributed by atoms with Gasteiger partial charge in [0.2, 0.25) is 5.82 Å². The summed E-state index contributed by atoms with van der Waals surface area (Å²) in [5.74, 6) is 0.0870. The Hall–Kier alpha value is -2.76. The second-order valence-electron chi connectivity index (χ2n) is 3.98. The molecule has 20 heavy (non-hydrogen) atoms.